The molecule has 1 amide bonds. The van der Waals surface area contributed by atoms with Gasteiger partial charge in [-0.2, -0.15) is 0 Å². The minimum Gasteiger partial charge on any atom is -0.481 e. The van der Waals surface area contributed by atoms with Crippen LogP contribution in [0.1, 0.15) is 52.0 Å². The summed E-state index contributed by atoms with van der Waals surface area (Å²) in [4.78, 5) is 23.8. The SMILES string of the molecule is CC(C)(C)OC(=O)N[C@H]1CCC[C@@H](C(Cc2ccccc2)C(=O)O)C1. The van der Waals surface area contributed by atoms with Gasteiger partial charge in [0, 0.05) is 6.04 Å². The molecule has 1 fully saturated rings. The zero-order valence-electron chi connectivity index (χ0n) is 15.3. The number of carbonyl (C=O) groups is 2. The summed E-state index contributed by atoms with van der Waals surface area (Å²) in [5, 5.41) is 12.6. The molecule has 1 aromatic rings. The van der Waals surface area contributed by atoms with Crippen LogP contribution in [0.3, 0.4) is 0 Å². The molecule has 0 heterocycles. The molecule has 1 aliphatic rings. The lowest BCUT2D eigenvalue weighted by atomic mass is 9.75. The third-order valence-corrected chi connectivity index (χ3v) is 4.62. The number of rotatable bonds is 5. The van der Waals surface area contributed by atoms with Gasteiger partial charge in [-0.25, -0.2) is 4.79 Å². The Morgan fingerprint density at radius 1 is 1.24 bits per heavy atom. The predicted octanol–water partition coefficient (Wildman–Crippen LogP) is 4.01. The summed E-state index contributed by atoms with van der Waals surface area (Å²) in [5.41, 5.74) is 0.506. The summed E-state index contributed by atoms with van der Waals surface area (Å²) < 4.78 is 5.31. The van der Waals surface area contributed by atoms with Crippen molar-refractivity contribution in [2.24, 2.45) is 11.8 Å². The number of nitrogens with one attached hydrogen (secondary N) is 1. The molecular weight excluding hydrogens is 318 g/mol. The zero-order valence-corrected chi connectivity index (χ0v) is 15.3. The molecule has 138 valence electrons. The lowest BCUT2D eigenvalue weighted by Gasteiger charge is -2.33. The number of alkyl carbamates (subject to hydrolysis) is 1. The van der Waals surface area contributed by atoms with Crippen molar-refractivity contribution in [2.75, 3.05) is 0 Å². The molecule has 1 saturated carbocycles. The van der Waals surface area contributed by atoms with E-state index in [2.05, 4.69) is 5.32 Å². The Labute approximate surface area is 149 Å². The Kier molecular flexibility index (Phi) is 6.45. The number of ether oxygens (including phenoxy) is 1. The van der Waals surface area contributed by atoms with Crippen LogP contribution in [0.25, 0.3) is 0 Å². The number of aliphatic carboxylic acids is 1. The smallest absolute Gasteiger partial charge is 0.407 e. The first-order valence-electron chi connectivity index (χ1n) is 9.01. The number of carbonyl (C=O) groups excluding carboxylic acids is 1. The van der Waals surface area contributed by atoms with Gasteiger partial charge in [-0.1, -0.05) is 36.8 Å². The molecule has 0 aromatic heterocycles. The van der Waals surface area contributed by atoms with Crippen molar-refractivity contribution in [3.05, 3.63) is 35.9 Å². The highest BCUT2D eigenvalue weighted by Crippen LogP contribution is 2.32. The van der Waals surface area contributed by atoms with Gasteiger partial charge < -0.3 is 15.2 Å². The Morgan fingerprint density at radius 2 is 1.92 bits per heavy atom. The number of carboxylic acid groups (broad SMARTS) is 1. The van der Waals surface area contributed by atoms with E-state index in [9.17, 15) is 14.7 Å². The lowest BCUT2D eigenvalue weighted by Crippen LogP contribution is -2.43. The number of benzene rings is 1. The molecule has 2 rings (SSSR count). The summed E-state index contributed by atoms with van der Waals surface area (Å²) >= 11 is 0. The molecule has 0 saturated heterocycles. The van der Waals surface area contributed by atoms with Crippen molar-refractivity contribution in [3.63, 3.8) is 0 Å². The molecule has 3 atom stereocenters. The van der Waals surface area contributed by atoms with Crippen molar-refractivity contribution in [1.82, 2.24) is 5.32 Å². The molecule has 0 aliphatic heterocycles. The van der Waals surface area contributed by atoms with Gasteiger partial charge in [-0.05, 0) is 57.9 Å². The highest BCUT2D eigenvalue weighted by molar-refractivity contribution is 5.71. The van der Waals surface area contributed by atoms with Gasteiger partial charge in [-0.15, -0.1) is 0 Å². The second-order valence-corrected chi connectivity index (χ2v) is 7.90. The maximum absolute atomic E-state index is 12.0. The summed E-state index contributed by atoms with van der Waals surface area (Å²) in [6.07, 6.45) is 3.46. The quantitative estimate of drug-likeness (QED) is 0.844. The topological polar surface area (TPSA) is 75.6 Å². The molecule has 2 N–H and O–H groups in total. The second-order valence-electron chi connectivity index (χ2n) is 7.90. The fourth-order valence-electron chi connectivity index (χ4n) is 3.52. The molecule has 25 heavy (non-hydrogen) atoms. The largest absolute Gasteiger partial charge is 0.481 e. The van der Waals surface area contributed by atoms with Gasteiger partial charge in [0.15, 0.2) is 0 Å². The van der Waals surface area contributed by atoms with Crippen LogP contribution in [-0.2, 0) is 16.0 Å². The molecule has 0 bridgehead atoms. The molecule has 5 nitrogen and oxygen atoms in total. The van der Waals surface area contributed by atoms with Crippen LogP contribution in [0, 0.1) is 11.8 Å². The van der Waals surface area contributed by atoms with E-state index in [4.69, 9.17) is 4.74 Å². The standard InChI is InChI=1S/C20H29NO4/c1-20(2,3)25-19(24)21-16-11-7-10-15(13-16)17(18(22)23)12-14-8-5-4-6-9-14/h4-6,8-9,15-17H,7,10-13H2,1-3H3,(H,21,24)(H,22,23)/t15-,16+,17?/m1/s1. The molecule has 1 aliphatic carbocycles. The van der Waals surface area contributed by atoms with Crippen LogP contribution in [0.4, 0.5) is 4.79 Å². The molecular formula is C20H29NO4. The normalized spacial score (nSPS) is 22.0. The van der Waals surface area contributed by atoms with Crippen LogP contribution < -0.4 is 5.32 Å². The van der Waals surface area contributed by atoms with Crippen LogP contribution in [-0.4, -0.2) is 28.8 Å². The molecule has 0 radical (unpaired) electrons. The number of amides is 1. The van der Waals surface area contributed by atoms with Crippen molar-refractivity contribution < 1.29 is 19.4 Å². The average Bonchev–Trinajstić information content (AvgIpc) is 2.51. The number of hydrogen-bond acceptors (Lipinski definition) is 3. The fraction of sp³-hybridized carbons (Fsp3) is 0.600. The van der Waals surface area contributed by atoms with E-state index < -0.39 is 23.6 Å². The number of carboxylic acids is 1. The summed E-state index contributed by atoms with van der Waals surface area (Å²) in [5.74, 6) is -1.12. The van der Waals surface area contributed by atoms with Crippen LogP contribution in [0.5, 0.6) is 0 Å². The van der Waals surface area contributed by atoms with Crippen molar-refractivity contribution in [3.8, 4) is 0 Å². The first-order valence-corrected chi connectivity index (χ1v) is 9.01. The van der Waals surface area contributed by atoms with Gasteiger partial charge in [0.25, 0.3) is 0 Å². The van der Waals surface area contributed by atoms with Gasteiger partial charge in [0.2, 0.25) is 0 Å². The van der Waals surface area contributed by atoms with Crippen LogP contribution >= 0.6 is 0 Å². The summed E-state index contributed by atoms with van der Waals surface area (Å²) in [6, 6.07) is 9.71. The Hall–Kier alpha value is -2.04. The highest BCUT2D eigenvalue weighted by Gasteiger charge is 2.33. The van der Waals surface area contributed by atoms with Gasteiger partial charge in [0.1, 0.15) is 5.60 Å². The summed E-state index contributed by atoms with van der Waals surface area (Å²) in [6.45, 7) is 5.49. The maximum atomic E-state index is 12.0. The highest BCUT2D eigenvalue weighted by atomic mass is 16.6. The van der Waals surface area contributed by atoms with E-state index in [0.29, 0.717) is 12.8 Å². The van der Waals surface area contributed by atoms with E-state index in [1.807, 2.05) is 51.1 Å². The van der Waals surface area contributed by atoms with Gasteiger partial charge in [-0.3, -0.25) is 4.79 Å². The predicted molar refractivity (Wildman–Crippen MR) is 96.4 cm³/mol. The Morgan fingerprint density at radius 3 is 2.52 bits per heavy atom. The van der Waals surface area contributed by atoms with E-state index in [1.54, 1.807) is 0 Å². The third kappa shape index (κ3) is 6.40. The Balaban J connectivity index is 1.97. The molecule has 5 heteroatoms. The Bertz CT molecular complexity index is 579. The van der Waals surface area contributed by atoms with E-state index in [1.165, 1.54) is 0 Å². The number of hydrogen-bond donors (Lipinski definition) is 2. The lowest BCUT2D eigenvalue weighted by molar-refractivity contribution is -0.144. The van der Waals surface area contributed by atoms with E-state index >= 15 is 0 Å². The maximum Gasteiger partial charge on any atom is 0.407 e. The third-order valence-electron chi connectivity index (χ3n) is 4.62. The molecule has 0 spiro atoms. The van der Waals surface area contributed by atoms with Crippen LogP contribution in [0.15, 0.2) is 30.3 Å². The van der Waals surface area contributed by atoms with Gasteiger partial charge >= 0.3 is 12.1 Å². The van der Waals surface area contributed by atoms with E-state index in [0.717, 1.165) is 24.8 Å². The molecule has 1 unspecified atom stereocenters. The first kappa shape index (κ1) is 19.3. The zero-order chi connectivity index (χ0) is 18.4. The van der Waals surface area contributed by atoms with Crippen molar-refractivity contribution in [2.45, 2.75) is 64.5 Å². The summed E-state index contributed by atoms with van der Waals surface area (Å²) in [7, 11) is 0. The van der Waals surface area contributed by atoms with Crippen molar-refractivity contribution in [1.29, 1.82) is 0 Å². The van der Waals surface area contributed by atoms with Gasteiger partial charge in [0.05, 0.1) is 5.92 Å². The fourth-order valence-corrected chi connectivity index (χ4v) is 3.52. The monoisotopic (exact) mass is 347 g/mol. The first-order chi connectivity index (χ1) is 11.7. The minimum absolute atomic E-state index is 0.0220. The molecule has 1 aromatic carbocycles. The average molecular weight is 347 g/mol. The second kappa shape index (κ2) is 8.37. The minimum atomic E-state index is -0.758. The van der Waals surface area contributed by atoms with E-state index in [-0.39, 0.29) is 12.0 Å². The van der Waals surface area contributed by atoms with Crippen LogP contribution in [0.2, 0.25) is 0 Å². The van der Waals surface area contributed by atoms with Crippen molar-refractivity contribution >= 4 is 12.1 Å².